The molecule has 0 aromatic heterocycles. The van der Waals surface area contributed by atoms with Gasteiger partial charge in [0.2, 0.25) is 0 Å². The predicted molar refractivity (Wildman–Crippen MR) is 91.1 cm³/mol. The zero-order chi connectivity index (χ0) is 17.3. The van der Waals surface area contributed by atoms with Gasteiger partial charge in [0.05, 0.1) is 11.8 Å². The second-order valence-electron chi connectivity index (χ2n) is 5.75. The van der Waals surface area contributed by atoms with Crippen molar-refractivity contribution in [1.82, 2.24) is 0 Å². The van der Waals surface area contributed by atoms with E-state index in [9.17, 15) is 17.6 Å². The van der Waals surface area contributed by atoms with Crippen molar-refractivity contribution in [2.45, 2.75) is 13.0 Å². The molecule has 1 aliphatic heterocycles. The van der Waals surface area contributed by atoms with Gasteiger partial charge in [0.1, 0.15) is 5.82 Å². The number of benzene rings is 2. The van der Waals surface area contributed by atoms with Gasteiger partial charge in [-0.2, -0.15) is 0 Å². The van der Waals surface area contributed by atoms with Crippen LogP contribution < -0.4 is 4.90 Å². The van der Waals surface area contributed by atoms with Crippen molar-refractivity contribution < 1.29 is 17.6 Å². The molecule has 6 heteroatoms. The Morgan fingerprint density at radius 2 is 1.92 bits per heavy atom. The van der Waals surface area contributed by atoms with Crippen LogP contribution in [-0.2, 0) is 9.84 Å². The minimum Gasteiger partial charge on any atom is -0.300 e. The lowest BCUT2D eigenvalue weighted by Gasteiger charge is -2.28. The number of carbonyl (C=O) groups is 1. The molecule has 0 bridgehead atoms. The fraction of sp³-hybridized carbons (Fsp3) is 0.167. The van der Waals surface area contributed by atoms with E-state index in [1.54, 1.807) is 18.2 Å². The maximum atomic E-state index is 13.5. The highest BCUT2D eigenvalue weighted by Crippen LogP contribution is 2.26. The summed E-state index contributed by atoms with van der Waals surface area (Å²) in [5.41, 5.74) is 1.69. The summed E-state index contributed by atoms with van der Waals surface area (Å²) in [5, 5.41) is 1.12. The SMILES string of the molecule is Cc1cccc(N(C(=O)c2cccc(F)c2)C2C=CS(=O)(=O)C2)c1. The van der Waals surface area contributed by atoms with E-state index in [0.29, 0.717) is 5.69 Å². The number of hydrogen-bond acceptors (Lipinski definition) is 3. The lowest BCUT2D eigenvalue weighted by molar-refractivity contribution is 0.0982. The van der Waals surface area contributed by atoms with Crippen LogP contribution in [0.5, 0.6) is 0 Å². The smallest absolute Gasteiger partial charge is 0.258 e. The number of anilines is 1. The Kier molecular flexibility index (Phi) is 4.24. The van der Waals surface area contributed by atoms with Gasteiger partial charge in [-0.3, -0.25) is 4.79 Å². The molecule has 2 aromatic rings. The third kappa shape index (κ3) is 3.38. The fourth-order valence-corrected chi connectivity index (χ4v) is 3.99. The lowest BCUT2D eigenvalue weighted by Crippen LogP contribution is -2.41. The average molecular weight is 345 g/mol. The quantitative estimate of drug-likeness (QED) is 0.859. The van der Waals surface area contributed by atoms with Gasteiger partial charge in [-0.15, -0.1) is 0 Å². The number of hydrogen-bond donors (Lipinski definition) is 0. The van der Waals surface area contributed by atoms with E-state index in [1.165, 1.54) is 29.2 Å². The molecule has 1 heterocycles. The Hall–Kier alpha value is -2.47. The number of carbonyl (C=O) groups excluding carboxylic acids is 1. The number of aryl methyl sites for hydroxylation is 1. The van der Waals surface area contributed by atoms with Gasteiger partial charge >= 0.3 is 0 Å². The van der Waals surface area contributed by atoms with Crippen molar-refractivity contribution in [2.24, 2.45) is 0 Å². The maximum absolute atomic E-state index is 13.5. The van der Waals surface area contributed by atoms with E-state index in [1.807, 2.05) is 13.0 Å². The Morgan fingerprint density at radius 3 is 2.54 bits per heavy atom. The predicted octanol–water partition coefficient (Wildman–Crippen LogP) is 3.09. The third-order valence-corrected chi connectivity index (χ3v) is 5.19. The zero-order valence-electron chi connectivity index (χ0n) is 13.0. The minimum atomic E-state index is -3.33. The van der Waals surface area contributed by atoms with Crippen molar-refractivity contribution >= 4 is 21.4 Å². The Morgan fingerprint density at radius 1 is 1.17 bits per heavy atom. The molecule has 1 amide bonds. The highest BCUT2D eigenvalue weighted by atomic mass is 32.2. The molecule has 1 unspecified atom stereocenters. The minimum absolute atomic E-state index is 0.175. The van der Waals surface area contributed by atoms with Gasteiger partial charge in [0, 0.05) is 16.7 Å². The summed E-state index contributed by atoms with van der Waals surface area (Å²) in [4.78, 5) is 14.3. The van der Waals surface area contributed by atoms with Crippen LogP contribution >= 0.6 is 0 Å². The highest BCUT2D eigenvalue weighted by Gasteiger charge is 2.32. The maximum Gasteiger partial charge on any atom is 0.258 e. The van der Waals surface area contributed by atoms with Crippen LogP contribution in [0.1, 0.15) is 15.9 Å². The second kappa shape index (κ2) is 6.20. The molecule has 0 fully saturated rings. The summed E-state index contributed by atoms with van der Waals surface area (Å²) < 4.78 is 37.0. The Labute approximate surface area is 140 Å². The molecule has 2 aromatic carbocycles. The molecule has 1 atom stereocenters. The summed E-state index contributed by atoms with van der Waals surface area (Å²) in [6.07, 6.45) is 1.49. The van der Waals surface area contributed by atoms with Crippen molar-refractivity contribution in [3.8, 4) is 0 Å². The summed E-state index contributed by atoms with van der Waals surface area (Å²) in [6, 6.07) is 12.0. The first-order chi connectivity index (χ1) is 11.4. The topological polar surface area (TPSA) is 54.5 Å². The molecule has 4 nitrogen and oxygen atoms in total. The molecule has 0 N–H and O–H groups in total. The van der Waals surface area contributed by atoms with Crippen molar-refractivity contribution in [3.63, 3.8) is 0 Å². The standard InChI is InChI=1S/C18H16FNO3S/c1-13-4-2-7-16(10-13)20(17-8-9-24(22,23)12-17)18(21)14-5-3-6-15(19)11-14/h2-11,17H,12H2,1H3. The largest absolute Gasteiger partial charge is 0.300 e. The summed E-state index contributed by atoms with van der Waals surface area (Å²) in [6.45, 7) is 1.88. The molecule has 1 aliphatic rings. The van der Waals surface area contributed by atoms with E-state index < -0.39 is 27.6 Å². The van der Waals surface area contributed by atoms with Crippen LogP contribution in [0.4, 0.5) is 10.1 Å². The Balaban J connectivity index is 2.05. The molecule has 0 spiro atoms. The van der Waals surface area contributed by atoms with Crippen LogP contribution in [0.3, 0.4) is 0 Å². The van der Waals surface area contributed by atoms with Gasteiger partial charge in [0.15, 0.2) is 9.84 Å². The van der Waals surface area contributed by atoms with Crippen molar-refractivity contribution in [1.29, 1.82) is 0 Å². The number of halogens is 1. The second-order valence-corrected chi connectivity index (χ2v) is 7.68. The van der Waals surface area contributed by atoms with Gasteiger partial charge in [-0.1, -0.05) is 18.2 Å². The van der Waals surface area contributed by atoms with E-state index in [4.69, 9.17) is 0 Å². The van der Waals surface area contributed by atoms with Crippen molar-refractivity contribution in [2.75, 3.05) is 10.7 Å². The first-order valence-electron chi connectivity index (χ1n) is 7.42. The van der Waals surface area contributed by atoms with Crippen LogP contribution in [-0.4, -0.2) is 26.1 Å². The monoisotopic (exact) mass is 345 g/mol. The van der Waals surface area contributed by atoms with E-state index in [0.717, 1.165) is 17.0 Å². The normalized spacial score (nSPS) is 18.5. The molecule has 0 radical (unpaired) electrons. The number of sulfone groups is 1. The van der Waals surface area contributed by atoms with Crippen LogP contribution in [0, 0.1) is 12.7 Å². The molecular weight excluding hydrogens is 329 g/mol. The lowest BCUT2D eigenvalue weighted by atomic mass is 10.1. The van der Waals surface area contributed by atoms with Gasteiger partial charge in [-0.05, 0) is 48.9 Å². The molecule has 124 valence electrons. The number of rotatable bonds is 3. The first-order valence-corrected chi connectivity index (χ1v) is 9.14. The Bertz CT molecular complexity index is 921. The third-order valence-electron chi connectivity index (χ3n) is 3.81. The molecule has 3 rings (SSSR count). The zero-order valence-corrected chi connectivity index (χ0v) is 13.8. The summed E-state index contributed by atoms with van der Waals surface area (Å²) >= 11 is 0. The van der Waals surface area contributed by atoms with Gasteiger partial charge in [0.25, 0.3) is 5.91 Å². The number of nitrogens with zero attached hydrogens (tertiary/aromatic N) is 1. The summed E-state index contributed by atoms with van der Waals surface area (Å²) in [7, 11) is -3.33. The highest BCUT2D eigenvalue weighted by molar-refractivity contribution is 7.94. The average Bonchev–Trinajstić information content (AvgIpc) is 2.87. The molecular formula is C18H16FNO3S. The first kappa shape index (κ1) is 16.4. The van der Waals surface area contributed by atoms with E-state index in [-0.39, 0.29) is 11.3 Å². The van der Waals surface area contributed by atoms with Crippen molar-refractivity contribution in [3.05, 3.63) is 77.0 Å². The van der Waals surface area contributed by atoms with E-state index >= 15 is 0 Å². The molecule has 24 heavy (non-hydrogen) atoms. The molecule has 0 saturated heterocycles. The van der Waals surface area contributed by atoms with Crippen LogP contribution in [0.25, 0.3) is 0 Å². The molecule has 0 aliphatic carbocycles. The van der Waals surface area contributed by atoms with Gasteiger partial charge in [-0.25, -0.2) is 12.8 Å². The van der Waals surface area contributed by atoms with E-state index in [2.05, 4.69) is 0 Å². The van der Waals surface area contributed by atoms with Gasteiger partial charge < -0.3 is 4.90 Å². The van der Waals surface area contributed by atoms with Crippen LogP contribution in [0.15, 0.2) is 60.0 Å². The number of amides is 1. The summed E-state index contributed by atoms with van der Waals surface area (Å²) in [5.74, 6) is -1.13. The van der Waals surface area contributed by atoms with Crippen LogP contribution in [0.2, 0.25) is 0 Å². The molecule has 0 saturated carbocycles. The fourth-order valence-electron chi connectivity index (χ4n) is 2.72.